The number of benzene rings is 1. The normalized spacial score (nSPS) is 11.0. The SMILES string of the molecule is Cc1cccnc1CNCCCN(C)Cc1ccccc1. The van der Waals surface area contributed by atoms with Crippen molar-refractivity contribution in [3.05, 3.63) is 65.5 Å². The molecule has 0 spiro atoms. The van der Waals surface area contributed by atoms with Crippen LogP contribution in [0.25, 0.3) is 0 Å². The van der Waals surface area contributed by atoms with Crippen molar-refractivity contribution in [2.45, 2.75) is 26.4 Å². The Kier molecular flexibility index (Phi) is 6.38. The van der Waals surface area contributed by atoms with E-state index in [0.717, 1.165) is 38.3 Å². The third-order valence-corrected chi connectivity index (χ3v) is 3.60. The quantitative estimate of drug-likeness (QED) is 0.755. The van der Waals surface area contributed by atoms with Gasteiger partial charge in [-0.25, -0.2) is 0 Å². The minimum absolute atomic E-state index is 0.856. The molecule has 1 heterocycles. The average Bonchev–Trinajstić information content (AvgIpc) is 2.50. The molecule has 1 N–H and O–H groups in total. The Morgan fingerprint density at radius 3 is 2.67 bits per heavy atom. The summed E-state index contributed by atoms with van der Waals surface area (Å²) in [6, 6.07) is 14.7. The Labute approximate surface area is 128 Å². The highest BCUT2D eigenvalue weighted by Gasteiger charge is 2.01. The molecule has 3 nitrogen and oxygen atoms in total. The number of aromatic nitrogens is 1. The van der Waals surface area contributed by atoms with Gasteiger partial charge >= 0.3 is 0 Å². The van der Waals surface area contributed by atoms with Crippen molar-refractivity contribution in [2.75, 3.05) is 20.1 Å². The van der Waals surface area contributed by atoms with Gasteiger partial charge in [0.1, 0.15) is 0 Å². The molecule has 1 aromatic heterocycles. The molecular weight excluding hydrogens is 258 g/mol. The fourth-order valence-electron chi connectivity index (χ4n) is 2.36. The van der Waals surface area contributed by atoms with Crippen LogP contribution in [0.3, 0.4) is 0 Å². The Hall–Kier alpha value is -1.71. The third kappa shape index (κ3) is 5.66. The number of hydrogen-bond donors (Lipinski definition) is 1. The maximum absolute atomic E-state index is 4.39. The van der Waals surface area contributed by atoms with E-state index >= 15 is 0 Å². The van der Waals surface area contributed by atoms with E-state index in [1.54, 1.807) is 0 Å². The second-order valence-electron chi connectivity index (χ2n) is 5.52. The number of aryl methyl sites for hydroxylation is 1. The van der Waals surface area contributed by atoms with E-state index in [0.29, 0.717) is 0 Å². The van der Waals surface area contributed by atoms with E-state index in [4.69, 9.17) is 0 Å². The zero-order valence-electron chi connectivity index (χ0n) is 13.0. The molecule has 3 heteroatoms. The van der Waals surface area contributed by atoms with Gasteiger partial charge in [-0.1, -0.05) is 36.4 Å². The molecule has 0 amide bonds. The minimum atomic E-state index is 0.856. The molecule has 21 heavy (non-hydrogen) atoms. The summed E-state index contributed by atoms with van der Waals surface area (Å²) in [4.78, 5) is 6.76. The first-order valence-electron chi connectivity index (χ1n) is 7.59. The van der Waals surface area contributed by atoms with Crippen LogP contribution in [0.1, 0.15) is 23.2 Å². The summed E-state index contributed by atoms with van der Waals surface area (Å²) in [5.41, 5.74) is 3.78. The number of hydrogen-bond acceptors (Lipinski definition) is 3. The van der Waals surface area contributed by atoms with Gasteiger partial charge in [0.2, 0.25) is 0 Å². The summed E-state index contributed by atoms with van der Waals surface area (Å²) in [7, 11) is 2.18. The largest absolute Gasteiger partial charge is 0.311 e. The first kappa shape index (κ1) is 15.7. The summed E-state index contributed by atoms with van der Waals surface area (Å²) in [5.74, 6) is 0. The van der Waals surface area contributed by atoms with Crippen molar-refractivity contribution >= 4 is 0 Å². The van der Waals surface area contributed by atoms with Crippen molar-refractivity contribution in [1.82, 2.24) is 15.2 Å². The fourth-order valence-corrected chi connectivity index (χ4v) is 2.36. The number of rotatable bonds is 8. The molecule has 0 unspecified atom stereocenters. The smallest absolute Gasteiger partial charge is 0.0570 e. The van der Waals surface area contributed by atoms with Crippen LogP contribution >= 0.6 is 0 Å². The van der Waals surface area contributed by atoms with Gasteiger partial charge < -0.3 is 10.2 Å². The van der Waals surface area contributed by atoms with Gasteiger partial charge in [0, 0.05) is 19.3 Å². The summed E-state index contributed by atoms with van der Waals surface area (Å²) >= 11 is 0. The number of nitrogens with zero attached hydrogens (tertiary/aromatic N) is 2. The molecular formula is C18H25N3. The van der Waals surface area contributed by atoms with Gasteiger partial charge in [0.15, 0.2) is 0 Å². The first-order chi connectivity index (χ1) is 10.3. The highest BCUT2D eigenvalue weighted by Crippen LogP contribution is 2.04. The maximum Gasteiger partial charge on any atom is 0.0570 e. The molecule has 0 aliphatic carbocycles. The molecule has 0 fully saturated rings. The summed E-state index contributed by atoms with van der Waals surface area (Å²) in [5, 5.41) is 3.47. The molecule has 1 aromatic carbocycles. The van der Waals surface area contributed by atoms with Crippen LogP contribution in [0, 0.1) is 6.92 Å². The van der Waals surface area contributed by atoms with Crippen LogP contribution in [0.4, 0.5) is 0 Å². The molecule has 2 aromatic rings. The lowest BCUT2D eigenvalue weighted by atomic mass is 10.2. The lowest BCUT2D eigenvalue weighted by Crippen LogP contribution is -2.24. The van der Waals surface area contributed by atoms with Crippen LogP contribution in [0.5, 0.6) is 0 Å². The molecule has 0 saturated heterocycles. The maximum atomic E-state index is 4.39. The minimum Gasteiger partial charge on any atom is -0.311 e. The molecule has 0 atom stereocenters. The van der Waals surface area contributed by atoms with Gasteiger partial charge in [0.25, 0.3) is 0 Å². The van der Waals surface area contributed by atoms with Crippen LogP contribution < -0.4 is 5.32 Å². The van der Waals surface area contributed by atoms with Crippen LogP contribution in [-0.2, 0) is 13.1 Å². The van der Waals surface area contributed by atoms with Crippen LogP contribution in [0.15, 0.2) is 48.7 Å². The number of pyridine rings is 1. The van der Waals surface area contributed by atoms with Gasteiger partial charge in [-0.15, -0.1) is 0 Å². The molecule has 112 valence electrons. The molecule has 2 rings (SSSR count). The molecule has 0 saturated carbocycles. The second kappa shape index (κ2) is 8.55. The lowest BCUT2D eigenvalue weighted by molar-refractivity contribution is 0.319. The van der Waals surface area contributed by atoms with Crippen LogP contribution in [0.2, 0.25) is 0 Å². The summed E-state index contributed by atoms with van der Waals surface area (Å²) < 4.78 is 0. The Balaban J connectivity index is 1.60. The third-order valence-electron chi connectivity index (χ3n) is 3.60. The van der Waals surface area contributed by atoms with Crippen LogP contribution in [-0.4, -0.2) is 30.0 Å². The fraction of sp³-hybridized carbons (Fsp3) is 0.389. The predicted molar refractivity (Wildman–Crippen MR) is 88.1 cm³/mol. The molecule has 0 aliphatic heterocycles. The number of nitrogens with one attached hydrogen (secondary N) is 1. The van der Waals surface area contributed by atoms with E-state index in [-0.39, 0.29) is 0 Å². The average molecular weight is 283 g/mol. The van der Waals surface area contributed by atoms with E-state index in [2.05, 4.69) is 65.6 Å². The summed E-state index contributed by atoms with van der Waals surface area (Å²) in [6.45, 7) is 6.10. The van der Waals surface area contributed by atoms with Gasteiger partial charge in [-0.2, -0.15) is 0 Å². The Morgan fingerprint density at radius 2 is 1.90 bits per heavy atom. The van der Waals surface area contributed by atoms with E-state index in [1.165, 1.54) is 11.1 Å². The monoisotopic (exact) mass is 283 g/mol. The van der Waals surface area contributed by atoms with E-state index < -0.39 is 0 Å². The van der Waals surface area contributed by atoms with Crippen molar-refractivity contribution in [2.24, 2.45) is 0 Å². The highest BCUT2D eigenvalue weighted by molar-refractivity contribution is 5.17. The summed E-state index contributed by atoms with van der Waals surface area (Å²) in [6.07, 6.45) is 3.01. The van der Waals surface area contributed by atoms with Gasteiger partial charge in [-0.3, -0.25) is 4.98 Å². The molecule has 0 bridgehead atoms. The van der Waals surface area contributed by atoms with Crippen molar-refractivity contribution in [3.63, 3.8) is 0 Å². The first-order valence-corrected chi connectivity index (χ1v) is 7.59. The van der Waals surface area contributed by atoms with Crippen molar-refractivity contribution in [3.8, 4) is 0 Å². The highest BCUT2D eigenvalue weighted by atomic mass is 15.1. The van der Waals surface area contributed by atoms with Crippen molar-refractivity contribution in [1.29, 1.82) is 0 Å². The Morgan fingerprint density at radius 1 is 1.10 bits per heavy atom. The second-order valence-corrected chi connectivity index (χ2v) is 5.52. The van der Waals surface area contributed by atoms with E-state index in [9.17, 15) is 0 Å². The Bertz CT molecular complexity index is 525. The molecule has 0 radical (unpaired) electrons. The standard InChI is InChI=1S/C18H25N3/c1-16-8-6-12-20-18(16)14-19-11-7-13-21(2)15-17-9-4-3-5-10-17/h3-6,8-10,12,19H,7,11,13-15H2,1-2H3. The zero-order valence-corrected chi connectivity index (χ0v) is 13.0. The van der Waals surface area contributed by atoms with Gasteiger partial charge in [0.05, 0.1) is 5.69 Å². The van der Waals surface area contributed by atoms with E-state index in [1.807, 2.05) is 12.3 Å². The van der Waals surface area contributed by atoms with Gasteiger partial charge in [-0.05, 0) is 50.7 Å². The molecule has 0 aliphatic rings. The topological polar surface area (TPSA) is 28.2 Å². The predicted octanol–water partition coefficient (Wildman–Crippen LogP) is 3.00. The van der Waals surface area contributed by atoms with Crippen molar-refractivity contribution < 1.29 is 0 Å². The lowest BCUT2D eigenvalue weighted by Gasteiger charge is -2.16. The zero-order chi connectivity index (χ0) is 14.9.